The fraction of sp³-hybridized carbons (Fsp3) is 0.429. The van der Waals surface area contributed by atoms with Crippen LogP contribution in [0.1, 0.15) is 13.3 Å². The fourth-order valence-electron chi connectivity index (χ4n) is 2.40. The monoisotopic (exact) mass is 277 g/mol. The van der Waals surface area contributed by atoms with Gasteiger partial charge in [-0.3, -0.25) is 4.79 Å². The molecule has 1 aromatic rings. The van der Waals surface area contributed by atoms with Gasteiger partial charge in [-0.25, -0.2) is 0 Å². The number of nitrogens with zero attached hydrogens (tertiary/aromatic N) is 3. The Bertz CT molecular complexity index is 512. The van der Waals surface area contributed by atoms with Gasteiger partial charge in [0.25, 0.3) is 0 Å². The Hall–Kier alpha value is -1.73. The smallest absolute Gasteiger partial charge is 0.237 e. The second kappa shape index (κ2) is 5.94. The molecule has 0 bridgehead atoms. The fourth-order valence-corrected chi connectivity index (χ4v) is 2.59. The van der Waals surface area contributed by atoms with Crippen LogP contribution in [0.25, 0.3) is 0 Å². The molecule has 100 valence electrons. The van der Waals surface area contributed by atoms with Crippen LogP contribution < -0.4 is 4.90 Å². The molecule has 1 aliphatic rings. The van der Waals surface area contributed by atoms with Crippen molar-refractivity contribution in [3.8, 4) is 6.07 Å². The minimum atomic E-state index is -0.0826. The highest BCUT2D eigenvalue weighted by atomic mass is 35.5. The van der Waals surface area contributed by atoms with Gasteiger partial charge in [0.2, 0.25) is 5.91 Å². The van der Waals surface area contributed by atoms with E-state index < -0.39 is 0 Å². The SMILES string of the molecule is CC1CN(c2cccc(Cl)c2)CCN1C(=O)CC#N. The molecule has 2 rings (SSSR count). The van der Waals surface area contributed by atoms with Gasteiger partial charge in [0.1, 0.15) is 6.42 Å². The van der Waals surface area contributed by atoms with Crippen molar-refractivity contribution < 1.29 is 4.79 Å². The number of hydrogen-bond donors (Lipinski definition) is 0. The zero-order chi connectivity index (χ0) is 13.8. The Labute approximate surface area is 118 Å². The van der Waals surface area contributed by atoms with Crippen molar-refractivity contribution in [2.75, 3.05) is 24.5 Å². The molecular weight excluding hydrogens is 262 g/mol. The molecule has 1 saturated heterocycles. The summed E-state index contributed by atoms with van der Waals surface area (Å²) in [6.45, 7) is 4.18. The highest BCUT2D eigenvalue weighted by Gasteiger charge is 2.27. The van der Waals surface area contributed by atoms with Gasteiger partial charge in [0, 0.05) is 36.4 Å². The number of hydrogen-bond acceptors (Lipinski definition) is 3. The van der Waals surface area contributed by atoms with Gasteiger partial charge in [0.15, 0.2) is 0 Å². The van der Waals surface area contributed by atoms with Crippen LogP contribution >= 0.6 is 11.6 Å². The first-order valence-corrected chi connectivity index (χ1v) is 6.66. The first kappa shape index (κ1) is 13.7. The van der Waals surface area contributed by atoms with Crippen molar-refractivity contribution in [2.45, 2.75) is 19.4 Å². The molecule has 0 spiro atoms. The number of carbonyl (C=O) groups excluding carboxylic acids is 1. The summed E-state index contributed by atoms with van der Waals surface area (Å²) in [5.74, 6) is -0.0826. The average Bonchev–Trinajstić information content (AvgIpc) is 2.38. The van der Waals surface area contributed by atoms with Crippen LogP contribution in [0.15, 0.2) is 24.3 Å². The predicted molar refractivity (Wildman–Crippen MR) is 75.1 cm³/mol. The maximum atomic E-state index is 11.8. The summed E-state index contributed by atoms with van der Waals surface area (Å²) in [6.07, 6.45) is -0.0402. The van der Waals surface area contributed by atoms with Crippen LogP contribution in [0.5, 0.6) is 0 Å². The van der Waals surface area contributed by atoms with Gasteiger partial charge < -0.3 is 9.80 Å². The van der Waals surface area contributed by atoms with E-state index in [-0.39, 0.29) is 18.4 Å². The lowest BCUT2D eigenvalue weighted by Gasteiger charge is -2.40. The van der Waals surface area contributed by atoms with Crippen LogP contribution in [0.2, 0.25) is 5.02 Å². The molecule has 1 unspecified atom stereocenters. The summed E-state index contributed by atoms with van der Waals surface area (Å²) in [7, 11) is 0. The van der Waals surface area contributed by atoms with E-state index in [4.69, 9.17) is 16.9 Å². The number of piperazine rings is 1. The van der Waals surface area contributed by atoms with E-state index in [1.165, 1.54) is 0 Å². The van der Waals surface area contributed by atoms with Gasteiger partial charge in [-0.1, -0.05) is 17.7 Å². The Balaban J connectivity index is 2.04. The van der Waals surface area contributed by atoms with E-state index in [0.717, 1.165) is 18.8 Å². The lowest BCUT2D eigenvalue weighted by atomic mass is 10.1. The molecule has 0 saturated carbocycles. The van der Waals surface area contributed by atoms with E-state index >= 15 is 0 Å². The molecule has 19 heavy (non-hydrogen) atoms. The first-order valence-electron chi connectivity index (χ1n) is 6.28. The minimum absolute atomic E-state index is 0.0402. The summed E-state index contributed by atoms with van der Waals surface area (Å²) in [4.78, 5) is 15.8. The quantitative estimate of drug-likeness (QED) is 0.833. The molecular formula is C14H16ClN3O. The Morgan fingerprint density at radius 3 is 2.95 bits per heavy atom. The molecule has 1 amide bonds. The van der Waals surface area contributed by atoms with Crippen molar-refractivity contribution in [3.05, 3.63) is 29.3 Å². The molecule has 5 heteroatoms. The van der Waals surface area contributed by atoms with Gasteiger partial charge in [-0.05, 0) is 25.1 Å². The largest absolute Gasteiger partial charge is 0.368 e. The van der Waals surface area contributed by atoms with Crippen molar-refractivity contribution in [1.82, 2.24) is 4.90 Å². The molecule has 1 atom stereocenters. The zero-order valence-corrected chi connectivity index (χ0v) is 11.6. The second-order valence-corrected chi connectivity index (χ2v) is 5.13. The zero-order valence-electron chi connectivity index (χ0n) is 10.8. The van der Waals surface area contributed by atoms with Gasteiger partial charge in [-0.2, -0.15) is 5.26 Å². The third-order valence-electron chi connectivity index (χ3n) is 3.35. The van der Waals surface area contributed by atoms with Crippen molar-refractivity contribution in [2.24, 2.45) is 0 Å². The van der Waals surface area contributed by atoms with Gasteiger partial charge in [-0.15, -0.1) is 0 Å². The molecule has 0 aliphatic carbocycles. The van der Waals surface area contributed by atoms with Gasteiger partial charge >= 0.3 is 0 Å². The van der Waals surface area contributed by atoms with E-state index in [2.05, 4.69) is 4.90 Å². The minimum Gasteiger partial charge on any atom is -0.368 e. The maximum Gasteiger partial charge on any atom is 0.237 e. The molecule has 1 aromatic carbocycles. The number of nitriles is 1. The highest BCUT2D eigenvalue weighted by molar-refractivity contribution is 6.30. The van der Waals surface area contributed by atoms with E-state index in [1.807, 2.05) is 37.3 Å². The number of halogens is 1. The number of benzene rings is 1. The van der Waals surface area contributed by atoms with E-state index in [9.17, 15) is 4.79 Å². The Morgan fingerprint density at radius 2 is 2.32 bits per heavy atom. The lowest BCUT2D eigenvalue weighted by molar-refractivity contribution is -0.132. The number of amides is 1. The summed E-state index contributed by atoms with van der Waals surface area (Å²) >= 11 is 5.99. The van der Waals surface area contributed by atoms with Gasteiger partial charge in [0.05, 0.1) is 6.07 Å². The van der Waals surface area contributed by atoms with E-state index in [0.29, 0.717) is 11.6 Å². The Morgan fingerprint density at radius 1 is 1.53 bits per heavy atom. The second-order valence-electron chi connectivity index (χ2n) is 4.70. The third kappa shape index (κ3) is 3.18. The first-order chi connectivity index (χ1) is 9.11. The van der Waals surface area contributed by atoms with Crippen LogP contribution in [-0.2, 0) is 4.79 Å². The molecule has 0 N–H and O–H groups in total. The van der Waals surface area contributed by atoms with Crippen LogP contribution in [-0.4, -0.2) is 36.5 Å². The Kier molecular flexibility index (Phi) is 4.28. The van der Waals surface area contributed by atoms with Crippen molar-refractivity contribution in [1.29, 1.82) is 5.26 Å². The summed E-state index contributed by atoms with van der Waals surface area (Å²) in [6, 6.07) is 9.74. The maximum absolute atomic E-state index is 11.8. The molecule has 1 aliphatic heterocycles. The van der Waals surface area contributed by atoms with Crippen molar-refractivity contribution >= 4 is 23.2 Å². The number of rotatable bonds is 2. The van der Waals surface area contributed by atoms with Crippen LogP contribution in [0, 0.1) is 11.3 Å². The standard InChI is InChI=1S/C14H16ClN3O/c1-11-10-17(13-4-2-3-12(15)9-13)7-8-18(11)14(19)5-6-16/h2-4,9,11H,5,7-8,10H2,1H3. The molecule has 1 fully saturated rings. The molecule has 1 heterocycles. The normalized spacial score (nSPS) is 19.1. The highest BCUT2D eigenvalue weighted by Crippen LogP contribution is 2.22. The molecule has 4 nitrogen and oxygen atoms in total. The van der Waals surface area contributed by atoms with E-state index in [1.54, 1.807) is 4.90 Å². The van der Waals surface area contributed by atoms with Crippen LogP contribution in [0.4, 0.5) is 5.69 Å². The number of anilines is 1. The summed E-state index contributed by atoms with van der Waals surface area (Å²) in [5.41, 5.74) is 1.08. The molecule has 0 radical (unpaired) electrons. The topological polar surface area (TPSA) is 47.3 Å². The lowest BCUT2D eigenvalue weighted by Crippen LogP contribution is -2.54. The van der Waals surface area contributed by atoms with Crippen molar-refractivity contribution in [3.63, 3.8) is 0 Å². The average molecular weight is 278 g/mol. The summed E-state index contributed by atoms with van der Waals surface area (Å²) < 4.78 is 0. The number of carbonyl (C=O) groups is 1. The predicted octanol–water partition coefficient (Wildman–Crippen LogP) is 2.29. The summed E-state index contributed by atoms with van der Waals surface area (Å²) in [5, 5.41) is 9.31. The third-order valence-corrected chi connectivity index (χ3v) is 3.59. The molecule has 0 aromatic heterocycles. The van der Waals surface area contributed by atoms with Crippen LogP contribution in [0.3, 0.4) is 0 Å².